The highest BCUT2D eigenvalue weighted by atomic mass is 127. The van der Waals surface area contributed by atoms with Gasteiger partial charge in [0.2, 0.25) is 5.88 Å². The number of halogens is 1. The van der Waals surface area contributed by atoms with Crippen molar-refractivity contribution in [2.45, 2.75) is 19.9 Å². The predicted octanol–water partition coefficient (Wildman–Crippen LogP) is 5.22. The lowest BCUT2D eigenvalue weighted by Crippen LogP contribution is -2.22. The minimum atomic E-state index is 0. The number of guanidine groups is 1. The van der Waals surface area contributed by atoms with Crippen LogP contribution in [-0.2, 0) is 6.54 Å². The fourth-order valence-corrected chi connectivity index (χ4v) is 2.63. The van der Waals surface area contributed by atoms with Crippen LogP contribution in [-0.4, -0.2) is 24.7 Å². The number of nitrogens with two attached hydrogens (primary N) is 1. The van der Waals surface area contributed by atoms with Crippen LogP contribution in [0.5, 0.6) is 23.1 Å². The third kappa shape index (κ3) is 7.63. The van der Waals surface area contributed by atoms with Gasteiger partial charge < -0.3 is 25.3 Å². The molecule has 0 aliphatic carbocycles. The molecule has 1 aromatic heterocycles. The van der Waals surface area contributed by atoms with Crippen molar-refractivity contribution in [2.75, 3.05) is 19.0 Å². The molecule has 31 heavy (non-hydrogen) atoms. The van der Waals surface area contributed by atoms with E-state index in [-0.39, 0.29) is 29.9 Å². The number of rotatable bonds is 9. The minimum absolute atomic E-state index is 0. The summed E-state index contributed by atoms with van der Waals surface area (Å²) in [7, 11) is 1.62. The van der Waals surface area contributed by atoms with E-state index in [9.17, 15) is 0 Å². The highest BCUT2D eigenvalue weighted by Gasteiger charge is 2.07. The Balaban J connectivity index is 0.00000341. The zero-order valence-electron chi connectivity index (χ0n) is 17.6. The van der Waals surface area contributed by atoms with E-state index in [0.717, 1.165) is 29.2 Å². The van der Waals surface area contributed by atoms with E-state index in [4.69, 9.17) is 19.9 Å². The standard InChI is InChI=1S/C23H26N4O3.HI/c1-3-14-29-19-9-11-20(12-10-19)30-22-17(6-5-13-25-22)16-26-23(24)27-18-7-4-8-21(15-18)28-2;/h4-13,15H,3,14,16H2,1-2H3,(H3,24,26,27);1H. The number of hydrogen-bond acceptors (Lipinski definition) is 5. The zero-order valence-corrected chi connectivity index (χ0v) is 19.9. The van der Waals surface area contributed by atoms with E-state index >= 15 is 0 Å². The maximum atomic E-state index is 6.03. The molecule has 0 spiro atoms. The molecule has 3 rings (SSSR count). The molecular formula is C23H27IN4O3. The van der Waals surface area contributed by atoms with Gasteiger partial charge in [0.25, 0.3) is 0 Å². The van der Waals surface area contributed by atoms with E-state index in [1.807, 2.05) is 60.7 Å². The largest absolute Gasteiger partial charge is 0.497 e. The van der Waals surface area contributed by atoms with E-state index in [2.05, 4.69) is 22.2 Å². The van der Waals surface area contributed by atoms with Gasteiger partial charge in [0.15, 0.2) is 5.96 Å². The number of hydrogen-bond donors (Lipinski definition) is 2. The van der Waals surface area contributed by atoms with E-state index < -0.39 is 0 Å². The minimum Gasteiger partial charge on any atom is -0.497 e. The van der Waals surface area contributed by atoms with Gasteiger partial charge in [0, 0.05) is 23.5 Å². The number of ether oxygens (including phenoxy) is 3. The number of methoxy groups -OCH3 is 1. The van der Waals surface area contributed by atoms with Crippen molar-refractivity contribution >= 4 is 35.6 Å². The Labute approximate surface area is 199 Å². The SMILES string of the molecule is CCCOc1ccc(Oc2ncccc2CN=C(N)Nc2cccc(OC)c2)cc1.I. The number of anilines is 1. The summed E-state index contributed by atoms with van der Waals surface area (Å²) in [6.45, 7) is 3.08. The van der Waals surface area contributed by atoms with Gasteiger partial charge in [0.1, 0.15) is 17.2 Å². The summed E-state index contributed by atoms with van der Waals surface area (Å²) in [5.41, 5.74) is 7.64. The highest BCUT2D eigenvalue weighted by molar-refractivity contribution is 14.0. The molecule has 0 aliphatic heterocycles. The molecule has 0 fully saturated rings. The Hall–Kier alpha value is -3.01. The molecular weight excluding hydrogens is 507 g/mol. The van der Waals surface area contributed by atoms with Crippen LogP contribution >= 0.6 is 24.0 Å². The van der Waals surface area contributed by atoms with Gasteiger partial charge >= 0.3 is 0 Å². The van der Waals surface area contributed by atoms with Crippen LogP contribution in [0.2, 0.25) is 0 Å². The summed E-state index contributed by atoms with van der Waals surface area (Å²) in [5, 5.41) is 3.05. The van der Waals surface area contributed by atoms with Crippen molar-refractivity contribution in [3.63, 3.8) is 0 Å². The van der Waals surface area contributed by atoms with Crippen LogP contribution in [0.3, 0.4) is 0 Å². The summed E-state index contributed by atoms with van der Waals surface area (Å²) in [6.07, 6.45) is 2.64. The molecule has 0 saturated carbocycles. The second-order valence-corrected chi connectivity index (χ2v) is 6.45. The van der Waals surface area contributed by atoms with Crippen molar-refractivity contribution in [1.29, 1.82) is 0 Å². The van der Waals surface area contributed by atoms with Crippen LogP contribution in [0, 0.1) is 0 Å². The fraction of sp³-hybridized carbons (Fsp3) is 0.217. The number of nitrogens with one attached hydrogen (secondary N) is 1. The van der Waals surface area contributed by atoms with Crippen molar-refractivity contribution in [3.05, 3.63) is 72.4 Å². The zero-order chi connectivity index (χ0) is 21.2. The van der Waals surface area contributed by atoms with E-state index in [1.165, 1.54) is 0 Å². The first kappa shape index (κ1) is 24.3. The van der Waals surface area contributed by atoms with Gasteiger partial charge in [-0.15, -0.1) is 24.0 Å². The predicted molar refractivity (Wildman–Crippen MR) is 134 cm³/mol. The average molecular weight is 534 g/mol. The van der Waals surface area contributed by atoms with Gasteiger partial charge in [0.05, 0.1) is 20.3 Å². The number of benzene rings is 2. The summed E-state index contributed by atoms with van der Waals surface area (Å²) in [5.74, 6) is 2.99. The molecule has 0 unspecified atom stereocenters. The second kappa shape index (κ2) is 12.6. The average Bonchev–Trinajstić information content (AvgIpc) is 2.78. The molecule has 0 aliphatic rings. The lowest BCUT2D eigenvalue weighted by atomic mass is 10.2. The smallest absolute Gasteiger partial charge is 0.224 e. The number of pyridine rings is 1. The van der Waals surface area contributed by atoms with Crippen molar-refractivity contribution in [3.8, 4) is 23.1 Å². The molecule has 0 atom stereocenters. The Morgan fingerprint density at radius 2 is 1.81 bits per heavy atom. The van der Waals surface area contributed by atoms with Crippen molar-refractivity contribution in [1.82, 2.24) is 4.98 Å². The fourth-order valence-electron chi connectivity index (χ4n) is 2.63. The molecule has 8 heteroatoms. The van der Waals surface area contributed by atoms with Gasteiger partial charge in [-0.05, 0) is 48.9 Å². The summed E-state index contributed by atoms with van der Waals surface area (Å²) < 4.78 is 16.7. The number of nitrogens with zero attached hydrogens (tertiary/aromatic N) is 2. The van der Waals surface area contributed by atoms with Crippen molar-refractivity contribution in [2.24, 2.45) is 10.7 Å². The maximum Gasteiger partial charge on any atom is 0.224 e. The first-order chi connectivity index (χ1) is 14.7. The van der Waals surface area contributed by atoms with Crippen LogP contribution in [0.15, 0.2) is 71.9 Å². The van der Waals surface area contributed by atoms with Crippen LogP contribution in [0.4, 0.5) is 5.69 Å². The third-order valence-corrected chi connectivity index (χ3v) is 4.12. The maximum absolute atomic E-state index is 6.03. The topological polar surface area (TPSA) is 91.0 Å². The quantitative estimate of drug-likeness (QED) is 0.222. The highest BCUT2D eigenvalue weighted by Crippen LogP contribution is 2.25. The Bertz CT molecular complexity index is 981. The second-order valence-electron chi connectivity index (χ2n) is 6.45. The monoisotopic (exact) mass is 534 g/mol. The van der Waals surface area contributed by atoms with Gasteiger partial charge in [-0.2, -0.15) is 0 Å². The molecule has 0 radical (unpaired) electrons. The first-order valence-electron chi connectivity index (χ1n) is 9.73. The summed E-state index contributed by atoms with van der Waals surface area (Å²) in [4.78, 5) is 8.73. The first-order valence-corrected chi connectivity index (χ1v) is 9.73. The lowest BCUT2D eigenvalue weighted by molar-refractivity contribution is 0.317. The molecule has 2 aromatic carbocycles. The lowest BCUT2D eigenvalue weighted by Gasteiger charge is -2.10. The molecule has 0 saturated heterocycles. The summed E-state index contributed by atoms with van der Waals surface area (Å²) >= 11 is 0. The van der Waals surface area contributed by atoms with Crippen LogP contribution < -0.4 is 25.3 Å². The van der Waals surface area contributed by atoms with E-state index in [1.54, 1.807) is 13.3 Å². The normalized spacial score (nSPS) is 10.7. The molecule has 0 bridgehead atoms. The summed E-state index contributed by atoms with van der Waals surface area (Å²) in [6, 6.07) is 18.7. The Kier molecular flexibility index (Phi) is 9.89. The van der Waals surface area contributed by atoms with Crippen molar-refractivity contribution < 1.29 is 14.2 Å². The Morgan fingerprint density at radius 3 is 2.55 bits per heavy atom. The van der Waals surface area contributed by atoms with Gasteiger partial charge in [-0.3, -0.25) is 0 Å². The molecule has 3 N–H and O–H groups in total. The molecule has 1 heterocycles. The molecule has 0 amide bonds. The van der Waals surface area contributed by atoms with E-state index in [0.29, 0.717) is 24.8 Å². The molecule has 164 valence electrons. The number of aromatic nitrogens is 1. The van der Waals surface area contributed by atoms with Gasteiger partial charge in [-0.25, -0.2) is 9.98 Å². The number of aliphatic imine (C=N–C) groups is 1. The third-order valence-electron chi connectivity index (χ3n) is 4.12. The van der Waals surface area contributed by atoms with Crippen LogP contribution in [0.1, 0.15) is 18.9 Å². The van der Waals surface area contributed by atoms with Gasteiger partial charge in [-0.1, -0.05) is 19.1 Å². The molecule has 3 aromatic rings. The molecule has 7 nitrogen and oxygen atoms in total. The van der Waals surface area contributed by atoms with Crippen LogP contribution in [0.25, 0.3) is 0 Å². The Morgan fingerprint density at radius 1 is 1.03 bits per heavy atom.